The fraction of sp³-hybridized carbons (Fsp3) is 0.118. The molecule has 9 heteroatoms. The van der Waals surface area contributed by atoms with Gasteiger partial charge in [-0.2, -0.15) is 0 Å². The highest BCUT2D eigenvalue weighted by molar-refractivity contribution is 8.00. The molecule has 0 atom stereocenters. The molecule has 4 aromatic rings. The Morgan fingerprint density at radius 3 is 2.05 bits per heavy atom. The van der Waals surface area contributed by atoms with Crippen LogP contribution in [-0.2, 0) is 14.3 Å². The molecule has 0 aliphatic rings. The largest absolute Gasteiger partial charge is 0.462 e. The third-order valence-corrected chi connectivity index (χ3v) is 7.19. The minimum Gasteiger partial charge on any atom is -0.462 e. The molecule has 0 saturated heterocycles. The number of thioether (sulfide) groups is 1. The first-order chi connectivity index (χ1) is 20.8. The summed E-state index contributed by atoms with van der Waals surface area (Å²) in [7, 11) is 0. The number of hydrogen-bond donors (Lipinski definition) is 3. The van der Waals surface area contributed by atoms with E-state index < -0.39 is 17.8 Å². The van der Waals surface area contributed by atoms with E-state index in [1.807, 2.05) is 37.3 Å². The molecule has 8 nitrogen and oxygen atoms in total. The number of esters is 1. The smallest absolute Gasteiger partial charge is 0.338 e. The maximum Gasteiger partial charge on any atom is 0.338 e. The molecule has 0 aliphatic heterocycles. The molecule has 0 bridgehead atoms. The zero-order valence-corrected chi connectivity index (χ0v) is 24.6. The fourth-order valence-electron chi connectivity index (χ4n) is 3.93. The number of ether oxygens (including phenoxy) is 1. The molecule has 0 aromatic heterocycles. The minimum atomic E-state index is -0.471. The van der Waals surface area contributed by atoms with Gasteiger partial charge in [-0.1, -0.05) is 42.5 Å². The topological polar surface area (TPSA) is 114 Å². The maximum atomic E-state index is 13.3. The van der Waals surface area contributed by atoms with Gasteiger partial charge in [0, 0.05) is 21.8 Å². The zero-order chi connectivity index (χ0) is 30.6. The van der Waals surface area contributed by atoms with Crippen molar-refractivity contribution in [2.24, 2.45) is 0 Å². The summed E-state index contributed by atoms with van der Waals surface area (Å²) in [4.78, 5) is 51.2. The number of carbonyl (C=O) groups is 4. The van der Waals surface area contributed by atoms with Gasteiger partial charge >= 0.3 is 5.97 Å². The van der Waals surface area contributed by atoms with Gasteiger partial charge in [-0.15, -0.1) is 11.8 Å². The van der Waals surface area contributed by atoms with Gasteiger partial charge in [-0.25, -0.2) is 4.79 Å². The van der Waals surface area contributed by atoms with Crippen molar-refractivity contribution in [1.82, 2.24) is 5.32 Å². The molecule has 0 heterocycles. The average Bonchev–Trinajstić information content (AvgIpc) is 3.02. The molecule has 218 valence electrons. The Balaban J connectivity index is 1.36. The van der Waals surface area contributed by atoms with Crippen LogP contribution < -0.4 is 16.0 Å². The molecule has 0 saturated carbocycles. The summed E-state index contributed by atoms with van der Waals surface area (Å²) in [6, 6.07) is 29.8. The standard InChI is InChI=1S/C34H31N3O5S/c1-3-42-34(41)25-13-15-27(16-14-25)35-31(38)22-43-29-19-17-28(18-20-29)36-33(40)30(21-26-12-8-7-9-23(26)2)37-32(39)24-10-5-4-6-11-24/h4-21H,3,22H2,1-2H3,(H,35,38)(H,36,40)(H,37,39)/b30-21-. The van der Waals surface area contributed by atoms with Gasteiger partial charge in [0.05, 0.1) is 17.9 Å². The van der Waals surface area contributed by atoms with Gasteiger partial charge < -0.3 is 20.7 Å². The highest BCUT2D eigenvalue weighted by Crippen LogP contribution is 2.22. The molecular weight excluding hydrogens is 562 g/mol. The van der Waals surface area contributed by atoms with E-state index >= 15 is 0 Å². The van der Waals surface area contributed by atoms with Crippen molar-refractivity contribution < 1.29 is 23.9 Å². The predicted molar refractivity (Wildman–Crippen MR) is 170 cm³/mol. The molecule has 0 fully saturated rings. The normalized spacial score (nSPS) is 10.9. The Bertz CT molecular complexity index is 1620. The second-order valence-corrected chi connectivity index (χ2v) is 10.4. The number of carbonyl (C=O) groups excluding carboxylic acids is 4. The van der Waals surface area contributed by atoms with Crippen LogP contribution in [-0.4, -0.2) is 36.1 Å². The second-order valence-electron chi connectivity index (χ2n) is 9.35. The van der Waals surface area contributed by atoms with Crippen molar-refractivity contribution in [3.05, 3.63) is 131 Å². The molecule has 0 radical (unpaired) electrons. The SMILES string of the molecule is CCOC(=O)c1ccc(NC(=O)CSc2ccc(NC(=O)/C(=C/c3ccccc3C)NC(=O)c3ccccc3)cc2)cc1. The Morgan fingerprint density at radius 1 is 0.744 bits per heavy atom. The van der Waals surface area contributed by atoms with Crippen LogP contribution in [0.4, 0.5) is 11.4 Å². The quantitative estimate of drug-likeness (QED) is 0.107. The number of benzene rings is 4. The molecule has 0 aliphatic carbocycles. The number of amides is 3. The van der Waals surface area contributed by atoms with E-state index in [0.717, 1.165) is 16.0 Å². The lowest BCUT2D eigenvalue weighted by Crippen LogP contribution is -2.30. The van der Waals surface area contributed by atoms with Gasteiger partial charge in [0.25, 0.3) is 11.8 Å². The minimum absolute atomic E-state index is 0.105. The Labute approximate surface area is 254 Å². The first-order valence-corrected chi connectivity index (χ1v) is 14.6. The van der Waals surface area contributed by atoms with E-state index in [4.69, 9.17) is 4.74 Å². The molecule has 4 aromatic carbocycles. The van der Waals surface area contributed by atoms with Gasteiger partial charge in [-0.3, -0.25) is 14.4 Å². The summed E-state index contributed by atoms with van der Waals surface area (Å²) in [5, 5.41) is 8.39. The number of anilines is 2. The Kier molecular flexibility index (Phi) is 10.9. The summed E-state index contributed by atoms with van der Waals surface area (Å²) >= 11 is 1.34. The van der Waals surface area contributed by atoms with Gasteiger partial charge in [-0.05, 0) is 91.7 Å². The van der Waals surface area contributed by atoms with E-state index in [9.17, 15) is 19.2 Å². The molecule has 0 spiro atoms. The highest BCUT2D eigenvalue weighted by Gasteiger charge is 2.16. The van der Waals surface area contributed by atoms with Crippen LogP contribution >= 0.6 is 11.8 Å². The number of hydrogen-bond acceptors (Lipinski definition) is 6. The fourth-order valence-corrected chi connectivity index (χ4v) is 4.63. The summed E-state index contributed by atoms with van der Waals surface area (Å²) in [6.45, 7) is 3.96. The van der Waals surface area contributed by atoms with E-state index in [2.05, 4.69) is 16.0 Å². The van der Waals surface area contributed by atoms with Crippen molar-refractivity contribution >= 4 is 52.9 Å². The first kappa shape index (κ1) is 30.8. The van der Waals surface area contributed by atoms with Crippen LogP contribution in [0, 0.1) is 6.92 Å². The van der Waals surface area contributed by atoms with Crippen LogP contribution in [0.5, 0.6) is 0 Å². The summed E-state index contributed by atoms with van der Waals surface area (Å²) in [6.07, 6.45) is 1.65. The number of rotatable bonds is 11. The van der Waals surface area contributed by atoms with E-state index in [1.165, 1.54) is 11.8 Å². The van der Waals surface area contributed by atoms with Crippen molar-refractivity contribution in [2.45, 2.75) is 18.7 Å². The van der Waals surface area contributed by atoms with E-state index in [1.54, 1.807) is 85.8 Å². The van der Waals surface area contributed by atoms with Crippen LogP contribution in [0.3, 0.4) is 0 Å². The van der Waals surface area contributed by atoms with Gasteiger partial charge in [0.1, 0.15) is 5.70 Å². The van der Waals surface area contributed by atoms with E-state index in [0.29, 0.717) is 29.1 Å². The van der Waals surface area contributed by atoms with Crippen molar-refractivity contribution in [1.29, 1.82) is 0 Å². The van der Waals surface area contributed by atoms with Crippen LogP contribution in [0.25, 0.3) is 6.08 Å². The maximum absolute atomic E-state index is 13.3. The predicted octanol–water partition coefficient (Wildman–Crippen LogP) is 6.31. The van der Waals surface area contributed by atoms with Crippen molar-refractivity contribution in [3.8, 4) is 0 Å². The molecule has 4 rings (SSSR count). The monoisotopic (exact) mass is 593 g/mol. The number of aryl methyl sites for hydroxylation is 1. The summed E-state index contributed by atoms with van der Waals surface area (Å²) in [5.74, 6) is -1.31. The molecule has 3 N–H and O–H groups in total. The lowest BCUT2D eigenvalue weighted by atomic mass is 10.1. The molecule has 3 amide bonds. The average molecular weight is 594 g/mol. The van der Waals surface area contributed by atoms with E-state index in [-0.39, 0.29) is 17.4 Å². The van der Waals surface area contributed by atoms with Gasteiger partial charge in [0.2, 0.25) is 5.91 Å². The van der Waals surface area contributed by atoms with Crippen molar-refractivity contribution in [2.75, 3.05) is 23.0 Å². The summed E-state index contributed by atoms with van der Waals surface area (Å²) in [5.41, 5.74) is 3.83. The van der Waals surface area contributed by atoms with Crippen LogP contribution in [0.2, 0.25) is 0 Å². The zero-order valence-electron chi connectivity index (χ0n) is 23.8. The Morgan fingerprint density at radius 2 is 1.37 bits per heavy atom. The third-order valence-electron chi connectivity index (χ3n) is 6.18. The molecular formula is C34H31N3O5S. The lowest BCUT2D eigenvalue weighted by Gasteiger charge is -2.12. The third kappa shape index (κ3) is 9.17. The first-order valence-electron chi connectivity index (χ1n) is 13.6. The van der Waals surface area contributed by atoms with Gasteiger partial charge in [0.15, 0.2) is 0 Å². The van der Waals surface area contributed by atoms with Crippen LogP contribution in [0.1, 0.15) is 38.8 Å². The van der Waals surface area contributed by atoms with Crippen LogP contribution in [0.15, 0.2) is 114 Å². The Hall–Kier alpha value is -5.15. The molecule has 43 heavy (non-hydrogen) atoms. The highest BCUT2D eigenvalue weighted by atomic mass is 32.2. The number of nitrogens with one attached hydrogen (secondary N) is 3. The lowest BCUT2D eigenvalue weighted by molar-refractivity contribution is -0.114. The summed E-state index contributed by atoms with van der Waals surface area (Å²) < 4.78 is 4.97. The van der Waals surface area contributed by atoms with Crippen molar-refractivity contribution in [3.63, 3.8) is 0 Å². The molecule has 0 unspecified atom stereocenters. The second kappa shape index (κ2) is 15.2.